The minimum Gasteiger partial charge on any atom is -0.289 e. The fourth-order valence-electron chi connectivity index (χ4n) is 2.53. The van der Waals surface area contributed by atoms with Crippen LogP contribution in [0.25, 0.3) is 0 Å². The van der Waals surface area contributed by atoms with E-state index in [9.17, 15) is 9.59 Å². The SMILES string of the molecule is O=C1c2ccccc2C(=O)c2c(CCBr)cccc21. The summed E-state index contributed by atoms with van der Waals surface area (Å²) in [5.74, 6) is -0.0941. The van der Waals surface area contributed by atoms with Crippen molar-refractivity contribution < 1.29 is 9.59 Å². The minimum atomic E-state index is -0.0541. The van der Waals surface area contributed by atoms with Crippen LogP contribution in [-0.2, 0) is 6.42 Å². The molecule has 0 amide bonds. The molecule has 0 fully saturated rings. The van der Waals surface area contributed by atoms with Crippen molar-refractivity contribution in [3.63, 3.8) is 0 Å². The van der Waals surface area contributed by atoms with Crippen LogP contribution in [0.4, 0.5) is 0 Å². The Morgan fingerprint density at radius 3 is 2.11 bits per heavy atom. The van der Waals surface area contributed by atoms with E-state index in [0.29, 0.717) is 22.3 Å². The number of ketones is 2. The lowest BCUT2D eigenvalue weighted by Gasteiger charge is -2.19. The van der Waals surface area contributed by atoms with Crippen molar-refractivity contribution in [2.45, 2.75) is 6.42 Å². The molecule has 3 heteroatoms. The Hall–Kier alpha value is -1.74. The van der Waals surface area contributed by atoms with E-state index < -0.39 is 0 Å². The van der Waals surface area contributed by atoms with E-state index in [1.54, 1.807) is 30.3 Å². The molecule has 0 unspecified atom stereocenters. The fourth-order valence-corrected chi connectivity index (χ4v) is 2.95. The normalized spacial score (nSPS) is 13.1. The van der Waals surface area contributed by atoms with Gasteiger partial charge in [-0.25, -0.2) is 0 Å². The first-order chi connectivity index (χ1) is 9.24. The summed E-state index contributed by atoms with van der Waals surface area (Å²) in [6, 6.07) is 12.5. The number of fused-ring (bicyclic) bond motifs is 2. The van der Waals surface area contributed by atoms with E-state index in [4.69, 9.17) is 0 Å². The van der Waals surface area contributed by atoms with Gasteiger partial charge in [-0.05, 0) is 12.0 Å². The maximum Gasteiger partial charge on any atom is 0.194 e. The molecule has 0 N–H and O–H groups in total. The summed E-state index contributed by atoms with van der Waals surface area (Å²) in [5.41, 5.74) is 3.06. The van der Waals surface area contributed by atoms with Crippen molar-refractivity contribution in [3.8, 4) is 0 Å². The van der Waals surface area contributed by atoms with Crippen molar-refractivity contribution in [3.05, 3.63) is 70.3 Å². The number of halogens is 1. The van der Waals surface area contributed by atoms with E-state index in [-0.39, 0.29) is 11.6 Å². The summed E-state index contributed by atoms with van der Waals surface area (Å²) in [7, 11) is 0. The van der Waals surface area contributed by atoms with Crippen molar-refractivity contribution in [2.24, 2.45) is 0 Å². The van der Waals surface area contributed by atoms with Gasteiger partial charge < -0.3 is 0 Å². The Balaban J connectivity index is 2.27. The largest absolute Gasteiger partial charge is 0.289 e. The summed E-state index contributed by atoms with van der Waals surface area (Å²) in [5, 5.41) is 0.770. The molecule has 0 spiro atoms. The number of carbonyl (C=O) groups excluding carboxylic acids is 2. The van der Waals surface area contributed by atoms with Gasteiger partial charge in [-0.1, -0.05) is 58.4 Å². The topological polar surface area (TPSA) is 34.1 Å². The van der Waals surface area contributed by atoms with Crippen LogP contribution in [0.2, 0.25) is 0 Å². The third kappa shape index (κ3) is 1.85. The van der Waals surface area contributed by atoms with Crippen molar-refractivity contribution in [1.29, 1.82) is 0 Å². The molecule has 1 aliphatic rings. The van der Waals surface area contributed by atoms with Crippen LogP contribution >= 0.6 is 15.9 Å². The van der Waals surface area contributed by atoms with Crippen LogP contribution in [0.1, 0.15) is 37.4 Å². The number of benzene rings is 2. The lowest BCUT2D eigenvalue weighted by Crippen LogP contribution is -2.22. The van der Waals surface area contributed by atoms with Crippen molar-refractivity contribution in [1.82, 2.24) is 0 Å². The molecule has 0 aromatic heterocycles. The van der Waals surface area contributed by atoms with Gasteiger partial charge in [0, 0.05) is 27.6 Å². The highest BCUT2D eigenvalue weighted by molar-refractivity contribution is 9.09. The molecule has 3 rings (SSSR count). The zero-order valence-corrected chi connectivity index (χ0v) is 11.7. The summed E-state index contributed by atoms with van der Waals surface area (Å²) in [6.45, 7) is 0. The van der Waals surface area contributed by atoms with Gasteiger partial charge in [-0.15, -0.1) is 0 Å². The van der Waals surface area contributed by atoms with Crippen LogP contribution in [0, 0.1) is 0 Å². The summed E-state index contributed by atoms with van der Waals surface area (Å²) < 4.78 is 0. The second-order valence-electron chi connectivity index (χ2n) is 4.48. The van der Waals surface area contributed by atoms with E-state index in [1.807, 2.05) is 12.1 Å². The van der Waals surface area contributed by atoms with E-state index in [0.717, 1.165) is 17.3 Å². The quantitative estimate of drug-likeness (QED) is 0.679. The van der Waals surface area contributed by atoms with Gasteiger partial charge in [-0.3, -0.25) is 9.59 Å². The molecular weight excluding hydrogens is 304 g/mol. The van der Waals surface area contributed by atoms with Gasteiger partial charge >= 0.3 is 0 Å². The molecule has 0 saturated carbocycles. The third-order valence-corrected chi connectivity index (χ3v) is 3.80. The Morgan fingerprint density at radius 2 is 1.42 bits per heavy atom. The molecule has 0 heterocycles. The first kappa shape index (κ1) is 12.3. The van der Waals surface area contributed by atoms with Crippen LogP contribution in [0.5, 0.6) is 0 Å². The first-order valence-electron chi connectivity index (χ1n) is 6.10. The van der Waals surface area contributed by atoms with Gasteiger partial charge in [0.2, 0.25) is 0 Å². The van der Waals surface area contributed by atoms with Gasteiger partial charge in [0.1, 0.15) is 0 Å². The molecule has 0 radical (unpaired) electrons. The molecule has 0 saturated heterocycles. The molecule has 94 valence electrons. The van der Waals surface area contributed by atoms with Crippen LogP contribution in [0.15, 0.2) is 42.5 Å². The molecule has 2 nitrogen and oxygen atoms in total. The molecular formula is C16H11BrO2. The Kier molecular flexibility index (Phi) is 3.07. The van der Waals surface area contributed by atoms with Gasteiger partial charge in [-0.2, -0.15) is 0 Å². The third-order valence-electron chi connectivity index (χ3n) is 3.40. The fraction of sp³-hybridized carbons (Fsp3) is 0.125. The zero-order chi connectivity index (χ0) is 13.4. The van der Waals surface area contributed by atoms with E-state index >= 15 is 0 Å². The standard InChI is InChI=1S/C16H11BrO2/c17-9-8-10-4-3-7-13-14(10)16(19)12-6-2-1-5-11(12)15(13)18/h1-7H,8-9H2. The van der Waals surface area contributed by atoms with Crippen LogP contribution in [0.3, 0.4) is 0 Å². The highest BCUT2D eigenvalue weighted by Gasteiger charge is 2.30. The van der Waals surface area contributed by atoms with Crippen molar-refractivity contribution >= 4 is 27.5 Å². The molecule has 2 aromatic rings. The zero-order valence-electron chi connectivity index (χ0n) is 10.2. The summed E-state index contributed by atoms with van der Waals surface area (Å²) in [6.07, 6.45) is 0.740. The van der Waals surface area contributed by atoms with E-state index in [1.165, 1.54) is 0 Å². The predicted molar refractivity (Wildman–Crippen MR) is 77.2 cm³/mol. The average Bonchev–Trinajstić information content (AvgIpc) is 2.45. The number of alkyl halides is 1. The number of rotatable bonds is 2. The maximum atomic E-state index is 12.6. The van der Waals surface area contributed by atoms with Crippen LogP contribution in [-0.4, -0.2) is 16.9 Å². The second kappa shape index (κ2) is 4.74. The molecule has 0 atom stereocenters. The Bertz CT molecular complexity index is 689. The van der Waals surface area contributed by atoms with Gasteiger partial charge in [0.05, 0.1) is 0 Å². The molecule has 2 aromatic carbocycles. The summed E-state index contributed by atoms with van der Waals surface area (Å²) >= 11 is 3.38. The maximum absolute atomic E-state index is 12.6. The lowest BCUT2D eigenvalue weighted by atomic mass is 9.81. The Morgan fingerprint density at radius 1 is 0.789 bits per heavy atom. The van der Waals surface area contributed by atoms with Gasteiger partial charge in [0.15, 0.2) is 11.6 Å². The number of hydrogen-bond acceptors (Lipinski definition) is 2. The number of aryl methyl sites for hydroxylation is 1. The lowest BCUT2D eigenvalue weighted by molar-refractivity contribution is 0.0978. The monoisotopic (exact) mass is 314 g/mol. The number of hydrogen-bond donors (Lipinski definition) is 0. The number of carbonyl (C=O) groups is 2. The highest BCUT2D eigenvalue weighted by Crippen LogP contribution is 2.29. The minimum absolute atomic E-state index is 0.0400. The predicted octanol–water partition coefficient (Wildman–Crippen LogP) is 3.40. The van der Waals surface area contributed by atoms with Crippen molar-refractivity contribution in [2.75, 3.05) is 5.33 Å². The Labute approximate surface area is 119 Å². The summed E-state index contributed by atoms with van der Waals surface area (Å²) in [4.78, 5) is 25.0. The molecule has 0 bridgehead atoms. The highest BCUT2D eigenvalue weighted by atomic mass is 79.9. The molecule has 19 heavy (non-hydrogen) atoms. The van der Waals surface area contributed by atoms with Gasteiger partial charge in [0.25, 0.3) is 0 Å². The first-order valence-corrected chi connectivity index (χ1v) is 7.22. The van der Waals surface area contributed by atoms with Crippen LogP contribution < -0.4 is 0 Å². The van der Waals surface area contributed by atoms with E-state index in [2.05, 4.69) is 15.9 Å². The molecule has 0 aliphatic heterocycles. The average molecular weight is 315 g/mol. The molecule has 1 aliphatic carbocycles. The second-order valence-corrected chi connectivity index (χ2v) is 5.28. The smallest absolute Gasteiger partial charge is 0.194 e.